The van der Waals surface area contributed by atoms with Gasteiger partial charge in [-0.05, 0) is 42.5 Å². The highest BCUT2D eigenvalue weighted by molar-refractivity contribution is 7.59. The fraction of sp³-hybridized carbons (Fsp3) is 0.542. The van der Waals surface area contributed by atoms with Gasteiger partial charge < -0.3 is 20.3 Å². The van der Waals surface area contributed by atoms with E-state index in [0.29, 0.717) is 16.8 Å². The summed E-state index contributed by atoms with van der Waals surface area (Å²) in [5.41, 5.74) is 1.35. The van der Waals surface area contributed by atoms with Gasteiger partial charge in [-0.25, -0.2) is 0 Å². The molecule has 9 nitrogen and oxygen atoms in total. The van der Waals surface area contributed by atoms with Gasteiger partial charge in [0.05, 0.1) is 5.38 Å². The molecule has 212 valence electrons. The Balaban J connectivity index is 0.00000180. The maximum atomic E-state index is 13.7. The third kappa shape index (κ3) is 6.67. The summed E-state index contributed by atoms with van der Waals surface area (Å²) in [6.07, 6.45) is 4.03. The number of carbonyl (C=O) groups is 5. The first-order chi connectivity index (χ1) is 16.3. The number of benzene rings is 1. The molecule has 4 aliphatic rings. The van der Waals surface area contributed by atoms with Gasteiger partial charge in [-0.2, -0.15) is 54.0 Å². The number of hydrogen-bond donors (Lipinski definition) is 2. The van der Waals surface area contributed by atoms with Crippen molar-refractivity contribution in [3.63, 3.8) is 0 Å². The SMILES string of the molecule is O=C1Cc2cc(C(=O)N[C@H](C(=O)N3C[C@H](Cl)[C@H]4OCC(=O)[C@H]43)C3CCCCC3)ccc2NC1=O.S.S.S.S. The lowest BCUT2D eigenvalue weighted by Crippen LogP contribution is -2.55. The quantitative estimate of drug-likeness (QED) is 0.389. The molecular formula is C24H34ClN3O6S4. The average Bonchev–Trinajstić information content (AvgIpc) is 3.38. The Kier molecular flexibility index (Phi) is 13.0. The van der Waals surface area contributed by atoms with Crippen LogP contribution in [0.15, 0.2) is 18.2 Å². The number of carbonyl (C=O) groups excluding carboxylic acids is 5. The zero-order valence-corrected chi connectivity index (χ0v) is 25.3. The molecule has 5 rings (SSSR count). The molecule has 1 aliphatic carbocycles. The van der Waals surface area contributed by atoms with Gasteiger partial charge in [0.15, 0.2) is 5.78 Å². The van der Waals surface area contributed by atoms with Gasteiger partial charge >= 0.3 is 0 Å². The Hall–Kier alpha value is -1.38. The molecule has 14 heteroatoms. The van der Waals surface area contributed by atoms with Gasteiger partial charge in [0.1, 0.15) is 24.8 Å². The number of likely N-dealkylation sites (tertiary alicyclic amines) is 1. The zero-order valence-electron chi connectivity index (χ0n) is 20.6. The lowest BCUT2D eigenvalue weighted by atomic mass is 9.83. The minimum atomic E-state index is -0.791. The highest BCUT2D eigenvalue weighted by Crippen LogP contribution is 2.34. The van der Waals surface area contributed by atoms with Crippen molar-refractivity contribution in [3.05, 3.63) is 29.3 Å². The molecule has 0 unspecified atom stereocenters. The number of halogens is 1. The molecule has 38 heavy (non-hydrogen) atoms. The number of fused-ring (bicyclic) bond motifs is 2. The molecule has 1 aromatic carbocycles. The summed E-state index contributed by atoms with van der Waals surface area (Å²) in [5.74, 6) is -2.20. The molecule has 2 N–H and O–H groups in total. The van der Waals surface area contributed by atoms with Crippen molar-refractivity contribution in [1.82, 2.24) is 10.2 Å². The summed E-state index contributed by atoms with van der Waals surface area (Å²) in [7, 11) is 0. The third-order valence-electron chi connectivity index (χ3n) is 7.30. The fourth-order valence-corrected chi connectivity index (χ4v) is 5.88. The molecule has 0 radical (unpaired) electrons. The van der Waals surface area contributed by atoms with Crippen LogP contribution in [0.4, 0.5) is 5.69 Å². The normalized spacial score (nSPS) is 24.8. The van der Waals surface area contributed by atoms with E-state index < -0.39 is 41.2 Å². The molecule has 3 fully saturated rings. The molecular weight excluding hydrogens is 590 g/mol. The summed E-state index contributed by atoms with van der Waals surface area (Å²) in [6, 6.07) is 3.21. The van der Waals surface area contributed by atoms with Crippen LogP contribution in [-0.2, 0) is 30.3 Å². The number of alkyl halides is 1. The topological polar surface area (TPSA) is 122 Å². The molecule has 0 spiro atoms. The predicted octanol–water partition coefficient (Wildman–Crippen LogP) is 1.67. The minimum absolute atomic E-state index is 0. The Bertz CT molecular complexity index is 1090. The first-order valence-electron chi connectivity index (χ1n) is 11.7. The maximum Gasteiger partial charge on any atom is 0.292 e. The number of Topliss-reactive ketones (excluding diaryl/α,β-unsaturated/α-hetero) is 2. The van der Waals surface area contributed by atoms with Crippen LogP contribution in [0.25, 0.3) is 0 Å². The van der Waals surface area contributed by atoms with Gasteiger partial charge in [-0.15, -0.1) is 11.6 Å². The van der Waals surface area contributed by atoms with Crippen molar-refractivity contribution < 1.29 is 28.7 Å². The van der Waals surface area contributed by atoms with Crippen molar-refractivity contribution in [2.75, 3.05) is 18.5 Å². The first kappa shape index (κ1) is 34.6. The molecule has 4 atom stereocenters. The Labute approximate surface area is 254 Å². The second kappa shape index (κ2) is 14.3. The van der Waals surface area contributed by atoms with Crippen LogP contribution < -0.4 is 10.6 Å². The van der Waals surface area contributed by atoms with Crippen molar-refractivity contribution in [2.24, 2.45) is 5.92 Å². The number of ketones is 2. The first-order valence-corrected chi connectivity index (χ1v) is 12.1. The van der Waals surface area contributed by atoms with Gasteiger partial charge in [0.2, 0.25) is 11.7 Å². The van der Waals surface area contributed by atoms with E-state index in [9.17, 15) is 24.0 Å². The van der Waals surface area contributed by atoms with E-state index >= 15 is 0 Å². The number of rotatable bonds is 4. The zero-order chi connectivity index (χ0) is 24.0. The van der Waals surface area contributed by atoms with Gasteiger partial charge in [0, 0.05) is 24.2 Å². The summed E-state index contributed by atoms with van der Waals surface area (Å²) < 4.78 is 5.51. The van der Waals surface area contributed by atoms with Gasteiger partial charge in [0.25, 0.3) is 11.8 Å². The van der Waals surface area contributed by atoms with E-state index in [1.54, 1.807) is 18.2 Å². The van der Waals surface area contributed by atoms with Crippen LogP contribution >= 0.6 is 65.6 Å². The van der Waals surface area contributed by atoms with Gasteiger partial charge in [-0.1, -0.05) is 19.3 Å². The lowest BCUT2D eigenvalue weighted by Gasteiger charge is -2.34. The molecule has 0 bridgehead atoms. The Morgan fingerprint density at radius 2 is 1.74 bits per heavy atom. The highest BCUT2D eigenvalue weighted by atomic mass is 35.5. The van der Waals surface area contributed by atoms with E-state index in [1.807, 2.05) is 0 Å². The number of ether oxygens (including phenoxy) is 1. The van der Waals surface area contributed by atoms with E-state index in [4.69, 9.17) is 16.3 Å². The standard InChI is InChI=1S/C24H26ClN3O6.4H2S/c25-15-10-28(20-18(30)11-34-21(15)20)24(33)19(12-4-2-1-3-5-12)27-22(31)13-6-7-16-14(8-13)9-17(29)23(32)26-16;;;;/h6-8,12,15,19-21H,1-5,9-11H2,(H,26,32)(H,27,31);4*1H2/t15-,19-,20+,21+;;;;/m0..../s1. The number of amides is 3. The second-order valence-corrected chi connectivity index (χ2v) is 10.0. The molecule has 2 saturated heterocycles. The van der Waals surface area contributed by atoms with Gasteiger partial charge in [-0.3, -0.25) is 24.0 Å². The molecule has 0 aromatic heterocycles. The summed E-state index contributed by atoms with van der Waals surface area (Å²) in [5, 5.41) is 4.96. The van der Waals surface area contributed by atoms with E-state index in [-0.39, 0.29) is 91.2 Å². The summed E-state index contributed by atoms with van der Waals surface area (Å²) >= 11 is 6.38. The largest absolute Gasteiger partial charge is 0.366 e. The average molecular weight is 624 g/mol. The fourth-order valence-electron chi connectivity index (χ4n) is 5.52. The molecule has 3 heterocycles. The summed E-state index contributed by atoms with van der Waals surface area (Å²) in [4.78, 5) is 64.2. The second-order valence-electron chi connectivity index (χ2n) is 9.47. The van der Waals surface area contributed by atoms with Crippen LogP contribution in [0.2, 0.25) is 0 Å². The van der Waals surface area contributed by atoms with Crippen molar-refractivity contribution in [2.45, 2.75) is 62.1 Å². The number of nitrogens with zero attached hydrogens (tertiary/aromatic N) is 1. The van der Waals surface area contributed by atoms with Crippen LogP contribution in [0, 0.1) is 5.92 Å². The van der Waals surface area contributed by atoms with Crippen LogP contribution in [0.3, 0.4) is 0 Å². The van der Waals surface area contributed by atoms with E-state index in [2.05, 4.69) is 10.6 Å². The summed E-state index contributed by atoms with van der Waals surface area (Å²) in [6.45, 7) is 0.133. The maximum absolute atomic E-state index is 13.7. The minimum Gasteiger partial charge on any atom is -0.366 e. The number of nitrogens with one attached hydrogen (secondary N) is 2. The van der Waals surface area contributed by atoms with E-state index in [1.165, 1.54) is 4.90 Å². The third-order valence-corrected chi connectivity index (χ3v) is 7.69. The van der Waals surface area contributed by atoms with E-state index in [0.717, 1.165) is 32.1 Å². The monoisotopic (exact) mass is 623 g/mol. The van der Waals surface area contributed by atoms with Crippen LogP contribution in [0.1, 0.15) is 48.0 Å². The number of hydrogen-bond acceptors (Lipinski definition) is 6. The highest BCUT2D eigenvalue weighted by Gasteiger charge is 2.53. The van der Waals surface area contributed by atoms with Crippen molar-refractivity contribution >= 4 is 101 Å². The lowest BCUT2D eigenvalue weighted by molar-refractivity contribution is -0.139. The molecule has 1 aromatic rings. The van der Waals surface area contributed by atoms with Crippen LogP contribution in [0.5, 0.6) is 0 Å². The molecule has 1 saturated carbocycles. The van der Waals surface area contributed by atoms with Crippen molar-refractivity contribution in [1.29, 1.82) is 0 Å². The van der Waals surface area contributed by atoms with Crippen LogP contribution in [-0.4, -0.2) is 70.9 Å². The Morgan fingerprint density at radius 1 is 1.05 bits per heavy atom. The smallest absolute Gasteiger partial charge is 0.292 e. The molecule has 3 aliphatic heterocycles. The van der Waals surface area contributed by atoms with Crippen molar-refractivity contribution in [3.8, 4) is 0 Å². The Morgan fingerprint density at radius 3 is 2.42 bits per heavy atom. The predicted molar refractivity (Wildman–Crippen MR) is 163 cm³/mol. The number of anilines is 1. The molecule has 3 amide bonds.